The van der Waals surface area contributed by atoms with E-state index in [4.69, 9.17) is 11.6 Å². The van der Waals surface area contributed by atoms with Crippen LogP contribution < -0.4 is 10.5 Å². The van der Waals surface area contributed by atoms with E-state index in [1.54, 1.807) is 12.1 Å². The molecule has 3 heterocycles. The van der Waals surface area contributed by atoms with E-state index < -0.39 is 0 Å². The van der Waals surface area contributed by atoms with Crippen molar-refractivity contribution >= 4 is 38.8 Å². The maximum Gasteiger partial charge on any atom is 0.292 e. The third kappa shape index (κ3) is 3.72. The van der Waals surface area contributed by atoms with E-state index >= 15 is 0 Å². The number of benzene rings is 2. The van der Waals surface area contributed by atoms with Crippen molar-refractivity contribution in [2.24, 2.45) is 0 Å². The highest BCUT2D eigenvalue weighted by molar-refractivity contribution is 7.22. The number of nitrogens with zero attached hydrogens (tertiary/aromatic N) is 4. The van der Waals surface area contributed by atoms with Crippen molar-refractivity contribution in [1.82, 2.24) is 15.0 Å². The Balaban J connectivity index is 1.55. The van der Waals surface area contributed by atoms with E-state index in [2.05, 4.69) is 10.3 Å². The SMILES string of the molecule is O=c1c2sc(-c3ccc(Cl)cc3)cc2nnn1-c1ccc(N2CC[C@@H](O)C2)c(CO)c1. The number of anilines is 1. The van der Waals surface area contributed by atoms with E-state index in [0.717, 1.165) is 22.7 Å². The molecule has 0 bridgehead atoms. The van der Waals surface area contributed by atoms with Crippen LogP contribution in [0, 0.1) is 0 Å². The quantitative estimate of drug-likeness (QED) is 0.492. The van der Waals surface area contributed by atoms with Crippen LogP contribution in [-0.2, 0) is 6.61 Å². The van der Waals surface area contributed by atoms with Crippen LogP contribution in [0.1, 0.15) is 12.0 Å². The summed E-state index contributed by atoms with van der Waals surface area (Å²) in [6, 6.07) is 14.7. The zero-order chi connectivity index (χ0) is 21.5. The molecule has 0 saturated carbocycles. The van der Waals surface area contributed by atoms with Crippen LogP contribution in [0.2, 0.25) is 5.02 Å². The van der Waals surface area contributed by atoms with Gasteiger partial charge in [0, 0.05) is 34.2 Å². The van der Waals surface area contributed by atoms with E-state index in [-0.39, 0.29) is 18.3 Å². The standard InChI is InChI=1S/C22H19ClN4O3S/c23-15-3-1-13(2-4-15)20-10-18-21(31-20)22(30)27(25-24-18)16-5-6-19(14(9-16)12-28)26-8-7-17(29)11-26/h1-6,9-10,17,28-29H,7-8,11-12H2/t17-/m1/s1. The average Bonchev–Trinajstić information content (AvgIpc) is 3.41. The van der Waals surface area contributed by atoms with Gasteiger partial charge in [0.1, 0.15) is 10.2 Å². The van der Waals surface area contributed by atoms with E-state index in [9.17, 15) is 15.0 Å². The summed E-state index contributed by atoms with van der Waals surface area (Å²) in [6.45, 7) is 1.07. The first-order valence-electron chi connectivity index (χ1n) is 9.86. The molecule has 1 fully saturated rings. The summed E-state index contributed by atoms with van der Waals surface area (Å²) >= 11 is 7.33. The zero-order valence-electron chi connectivity index (χ0n) is 16.4. The smallest absolute Gasteiger partial charge is 0.292 e. The van der Waals surface area contributed by atoms with Gasteiger partial charge >= 0.3 is 0 Å². The van der Waals surface area contributed by atoms with Crippen LogP contribution in [0.4, 0.5) is 5.69 Å². The van der Waals surface area contributed by atoms with Gasteiger partial charge in [-0.05, 0) is 48.4 Å². The highest BCUT2D eigenvalue weighted by atomic mass is 35.5. The third-order valence-electron chi connectivity index (χ3n) is 5.45. The van der Waals surface area contributed by atoms with Gasteiger partial charge in [0.25, 0.3) is 5.56 Å². The Morgan fingerprint density at radius 3 is 2.68 bits per heavy atom. The van der Waals surface area contributed by atoms with Crippen molar-refractivity contribution in [3.63, 3.8) is 0 Å². The van der Waals surface area contributed by atoms with Crippen LogP contribution in [-0.4, -0.2) is 44.4 Å². The van der Waals surface area contributed by atoms with E-state index in [1.807, 2.05) is 41.3 Å². The largest absolute Gasteiger partial charge is 0.392 e. The van der Waals surface area contributed by atoms with Crippen LogP contribution in [0.5, 0.6) is 0 Å². The Kier molecular flexibility index (Phi) is 5.23. The number of rotatable bonds is 4. The molecule has 0 radical (unpaired) electrons. The predicted molar refractivity (Wildman–Crippen MR) is 122 cm³/mol. The molecule has 1 aliphatic rings. The van der Waals surface area contributed by atoms with Crippen LogP contribution in [0.15, 0.2) is 53.3 Å². The molecule has 2 aromatic carbocycles. The second kappa shape index (κ2) is 8.05. The molecule has 1 aliphatic heterocycles. The molecule has 1 saturated heterocycles. The van der Waals surface area contributed by atoms with Gasteiger partial charge in [-0.2, -0.15) is 4.68 Å². The van der Waals surface area contributed by atoms with Gasteiger partial charge in [0.15, 0.2) is 0 Å². The zero-order valence-corrected chi connectivity index (χ0v) is 18.0. The molecule has 9 heteroatoms. The number of aromatic nitrogens is 3. The number of halogens is 1. The normalized spacial score (nSPS) is 16.4. The second-order valence-electron chi connectivity index (χ2n) is 7.50. The maximum absolute atomic E-state index is 13.2. The number of β-amino-alcohol motifs (C(OH)–C–C–N with tert-alkyl or cyclic N) is 1. The van der Waals surface area contributed by atoms with E-state index in [0.29, 0.717) is 39.5 Å². The van der Waals surface area contributed by atoms with Crippen LogP contribution in [0.25, 0.3) is 26.3 Å². The van der Waals surface area contributed by atoms with Crippen molar-refractivity contribution < 1.29 is 10.2 Å². The van der Waals surface area contributed by atoms with Crippen molar-refractivity contribution in [1.29, 1.82) is 0 Å². The molecule has 7 nitrogen and oxygen atoms in total. The molecule has 158 valence electrons. The molecule has 0 amide bonds. The molecular formula is C22H19ClN4O3S. The molecule has 31 heavy (non-hydrogen) atoms. The first kappa shape index (κ1) is 20.1. The van der Waals surface area contributed by atoms with Gasteiger partial charge in [-0.3, -0.25) is 4.79 Å². The monoisotopic (exact) mass is 454 g/mol. The Morgan fingerprint density at radius 1 is 1.16 bits per heavy atom. The number of thiophene rings is 1. The number of aliphatic hydroxyl groups is 2. The predicted octanol–water partition coefficient (Wildman–Crippen LogP) is 3.23. The third-order valence-corrected chi connectivity index (χ3v) is 6.87. The number of fused-ring (bicyclic) bond motifs is 1. The number of aliphatic hydroxyl groups excluding tert-OH is 2. The number of hydrogen-bond donors (Lipinski definition) is 2. The highest BCUT2D eigenvalue weighted by Crippen LogP contribution is 2.32. The van der Waals surface area contributed by atoms with Gasteiger partial charge in [0.2, 0.25) is 0 Å². The molecule has 0 aliphatic carbocycles. The first-order valence-corrected chi connectivity index (χ1v) is 11.1. The average molecular weight is 455 g/mol. The van der Waals surface area contributed by atoms with Crippen molar-refractivity contribution in [3.05, 3.63) is 69.5 Å². The molecule has 0 unspecified atom stereocenters. The lowest BCUT2D eigenvalue weighted by Gasteiger charge is -2.21. The minimum atomic E-state index is -0.365. The summed E-state index contributed by atoms with van der Waals surface area (Å²) in [5, 5.41) is 28.7. The van der Waals surface area contributed by atoms with Crippen molar-refractivity contribution in [2.45, 2.75) is 19.1 Å². The van der Waals surface area contributed by atoms with Gasteiger partial charge < -0.3 is 15.1 Å². The molecule has 2 N–H and O–H groups in total. The Morgan fingerprint density at radius 2 is 1.97 bits per heavy atom. The van der Waals surface area contributed by atoms with Crippen molar-refractivity contribution in [3.8, 4) is 16.1 Å². The summed E-state index contributed by atoms with van der Waals surface area (Å²) in [4.78, 5) is 16.1. The van der Waals surface area contributed by atoms with Gasteiger partial charge in [-0.15, -0.1) is 16.4 Å². The minimum Gasteiger partial charge on any atom is -0.392 e. The summed E-state index contributed by atoms with van der Waals surface area (Å²) in [5.41, 5.74) is 3.30. The number of hydrogen-bond acceptors (Lipinski definition) is 7. The molecule has 0 spiro atoms. The van der Waals surface area contributed by atoms with Crippen LogP contribution in [0.3, 0.4) is 0 Å². The fraction of sp³-hybridized carbons (Fsp3) is 0.227. The van der Waals surface area contributed by atoms with Crippen molar-refractivity contribution in [2.75, 3.05) is 18.0 Å². The summed E-state index contributed by atoms with van der Waals surface area (Å²) < 4.78 is 1.77. The Labute approximate surface area is 186 Å². The summed E-state index contributed by atoms with van der Waals surface area (Å²) in [6.07, 6.45) is 0.332. The van der Waals surface area contributed by atoms with Gasteiger partial charge in [0.05, 0.1) is 18.4 Å². The van der Waals surface area contributed by atoms with Crippen LogP contribution >= 0.6 is 22.9 Å². The summed E-state index contributed by atoms with van der Waals surface area (Å²) in [7, 11) is 0. The first-order chi connectivity index (χ1) is 15.0. The lowest BCUT2D eigenvalue weighted by molar-refractivity contribution is 0.198. The maximum atomic E-state index is 13.2. The molecule has 5 rings (SSSR count). The molecular weight excluding hydrogens is 436 g/mol. The lowest BCUT2D eigenvalue weighted by atomic mass is 10.1. The molecule has 4 aromatic rings. The fourth-order valence-electron chi connectivity index (χ4n) is 3.86. The topological polar surface area (TPSA) is 91.5 Å². The fourth-order valence-corrected chi connectivity index (χ4v) is 5.01. The van der Waals surface area contributed by atoms with E-state index in [1.165, 1.54) is 16.0 Å². The lowest BCUT2D eigenvalue weighted by Crippen LogP contribution is -2.24. The minimum absolute atomic E-state index is 0.181. The molecule has 2 aromatic heterocycles. The highest BCUT2D eigenvalue weighted by Gasteiger charge is 2.23. The summed E-state index contributed by atoms with van der Waals surface area (Å²) in [5.74, 6) is 0. The van der Waals surface area contributed by atoms with Gasteiger partial charge in [-0.1, -0.05) is 28.9 Å². The Bertz CT molecular complexity index is 1320. The van der Waals surface area contributed by atoms with Gasteiger partial charge in [-0.25, -0.2) is 0 Å². The molecule has 1 atom stereocenters. The Hall–Kier alpha value is -2.78. The second-order valence-corrected chi connectivity index (χ2v) is 8.99.